The molecule has 16 heavy (non-hydrogen) atoms. The maximum absolute atomic E-state index is 11.6. The van der Waals surface area contributed by atoms with Gasteiger partial charge in [-0.05, 0) is 31.5 Å². The molecule has 4 nitrogen and oxygen atoms in total. The molecule has 0 bridgehead atoms. The van der Waals surface area contributed by atoms with E-state index in [9.17, 15) is 4.79 Å². The van der Waals surface area contributed by atoms with Crippen molar-refractivity contribution in [2.45, 2.75) is 19.3 Å². The van der Waals surface area contributed by atoms with Gasteiger partial charge in [-0.25, -0.2) is 0 Å². The third kappa shape index (κ3) is 1.60. The topological polar surface area (TPSA) is 44.8 Å². The van der Waals surface area contributed by atoms with Gasteiger partial charge < -0.3 is 14.2 Å². The molecule has 0 amide bonds. The summed E-state index contributed by atoms with van der Waals surface area (Å²) in [6.07, 6.45) is 0. The number of esters is 1. The van der Waals surface area contributed by atoms with Crippen LogP contribution in [0.25, 0.3) is 0 Å². The van der Waals surface area contributed by atoms with Crippen molar-refractivity contribution in [1.29, 1.82) is 0 Å². The summed E-state index contributed by atoms with van der Waals surface area (Å²) < 4.78 is 15.3. The fraction of sp³-hybridized carbons (Fsp3) is 0.417. The molecule has 0 fully saturated rings. The van der Waals surface area contributed by atoms with Gasteiger partial charge in [0.15, 0.2) is 11.5 Å². The smallest absolute Gasteiger partial charge is 0.315 e. The van der Waals surface area contributed by atoms with Gasteiger partial charge >= 0.3 is 5.97 Å². The van der Waals surface area contributed by atoms with E-state index in [2.05, 4.69) is 0 Å². The zero-order valence-electron chi connectivity index (χ0n) is 9.57. The molecule has 0 atom stereocenters. The summed E-state index contributed by atoms with van der Waals surface area (Å²) in [4.78, 5) is 11.6. The van der Waals surface area contributed by atoms with Gasteiger partial charge in [0.25, 0.3) is 0 Å². The Labute approximate surface area is 94.1 Å². The van der Waals surface area contributed by atoms with Crippen molar-refractivity contribution in [1.82, 2.24) is 0 Å². The Kier molecular flexibility index (Phi) is 2.50. The first-order valence-electron chi connectivity index (χ1n) is 5.04. The zero-order chi connectivity index (χ0) is 11.8. The Morgan fingerprint density at radius 3 is 2.69 bits per heavy atom. The van der Waals surface area contributed by atoms with Crippen LogP contribution in [0.1, 0.15) is 19.4 Å². The minimum absolute atomic E-state index is 0.234. The summed E-state index contributed by atoms with van der Waals surface area (Å²) in [6, 6.07) is 5.48. The number of hydrogen-bond acceptors (Lipinski definition) is 4. The second-order valence-corrected chi connectivity index (χ2v) is 4.18. The monoisotopic (exact) mass is 222 g/mol. The molecule has 1 heterocycles. The van der Waals surface area contributed by atoms with Crippen LogP contribution < -0.4 is 9.47 Å². The van der Waals surface area contributed by atoms with Crippen LogP contribution in [-0.4, -0.2) is 19.9 Å². The van der Waals surface area contributed by atoms with E-state index in [0.717, 1.165) is 5.56 Å². The van der Waals surface area contributed by atoms with Crippen LogP contribution in [0.3, 0.4) is 0 Å². The maximum Gasteiger partial charge on any atom is 0.315 e. The molecule has 0 aliphatic carbocycles. The molecule has 1 aromatic rings. The van der Waals surface area contributed by atoms with Crippen LogP contribution in [0.15, 0.2) is 18.2 Å². The van der Waals surface area contributed by atoms with Gasteiger partial charge in [-0.3, -0.25) is 4.79 Å². The highest BCUT2D eigenvalue weighted by Crippen LogP contribution is 2.36. The molecule has 2 rings (SSSR count). The second kappa shape index (κ2) is 3.70. The van der Waals surface area contributed by atoms with Crippen molar-refractivity contribution < 1.29 is 19.0 Å². The Balaban J connectivity index is 2.37. The molecule has 1 aromatic carbocycles. The second-order valence-electron chi connectivity index (χ2n) is 4.18. The molecule has 0 saturated carbocycles. The lowest BCUT2D eigenvalue weighted by molar-refractivity contribution is -0.146. The molecule has 0 saturated heterocycles. The summed E-state index contributed by atoms with van der Waals surface area (Å²) >= 11 is 0. The molecular weight excluding hydrogens is 208 g/mol. The average Bonchev–Trinajstić information content (AvgIpc) is 2.74. The van der Waals surface area contributed by atoms with Gasteiger partial charge in [-0.1, -0.05) is 6.07 Å². The summed E-state index contributed by atoms with van der Waals surface area (Å²) in [5.41, 5.74) is 0.166. The normalized spacial score (nSPS) is 13.7. The van der Waals surface area contributed by atoms with Crippen LogP contribution in [0.4, 0.5) is 0 Å². The number of benzene rings is 1. The highest BCUT2D eigenvalue weighted by molar-refractivity contribution is 5.82. The van der Waals surface area contributed by atoms with E-state index in [0.29, 0.717) is 11.5 Å². The lowest BCUT2D eigenvalue weighted by Crippen LogP contribution is -2.30. The van der Waals surface area contributed by atoms with Crippen LogP contribution in [0.5, 0.6) is 11.5 Å². The quantitative estimate of drug-likeness (QED) is 0.716. The lowest BCUT2D eigenvalue weighted by atomic mass is 9.84. The standard InChI is InChI=1S/C12H14O4/c1-12(2,11(13)14-3)8-4-5-9-10(6-8)16-7-15-9/h4-6H,7H2,1-3H3. The molecular formula is C12H14O4. The van der Waals surface area contributed by atoms with Gasteiger partial charge in [0.1, 0.15) is 0 Å². The number of methoxy groups -OCH3 is 1. The first kappa shape index (κ1) is 10.8. The molecule has 4 heteroatoms. The minimum atomic E-state index is -0.685. The molecule has 1 aliphatic rings. The minimum Gasteiger partial charge on any atom is -0.468 e. The van der Waals surface area contributed by atoms with Crippen molar-refractivity contribution in [3.05, 3.63) is 23.8 Å². The third-order valence-electron chi connectivity index (χ3n) is 2.79. The SMILES string of the molecule is COC(=O)C(C)(C)c1ccc2c(c1)OCO2. The van der Waals surface area contributed by atoms with Crippen molar-refractivity contribution >= 4 is 5.97 Å². The van der Waals surface area contributed by atoms with Gasteiger partial charge in [-0.2, -0.15) is 0 Å². The average molecular weight is 222 g/mol. The summed E-state index contributed by atoms with van der Waals surface area (Å²) in [5, 5.41) is 0. The van der Waals surface area contributed by atoms with Crippen LogP contribution in [0, 0.1) is 0 Å². The highest BCUT2D eigenvalue weighted by atomic mass is 16.7. The Morgan fingerprint density at radius 2 is 2.00 bits per heavy atom. The fourth-order valence-corrected chi connectivity index (χ4v) is 1.66. The molecule has 0 spiro atoms. The molecule has 86 valence electrons. The van der Waals surface area contributed by atoms with Crippen LogP contribution in [0.2, 0.25) is 0 Å². The Bertz CT molecular complexity index is 423. The van der Waals surface area contributed by atoms with Gasteiger partial charge in [-0.15, -0.1) is 0 Å². The molecule has 0 radical (unpaired) electrons. The molecule has 0 unspecified atom stereocenters. The molecule has 1 aliphatic heterocycles. The van der Waals surface area contributed by atoms with Crippen LogP contribution >= 0.6 is 0 Å². The van der Waals surface area contributed by atoms with Gasteiger partial charge in [0.05, 0.1) is 12.5 Å². The van der Waals surface area contributed by atoms with E-state index in [-0.39, 0.29) is 12.8 Å². The maximum atomic E-state index is 11.6. The van der Waals surface area contributed by atoms with E-state index in [1.807, 2.05) is 32.0 Å². The number of carbonyl (C=O) groups excluding carboxylic acids is 1. The van der Waals surface area contributed by atoms with E-state index in [4.69, 9.17) is 14.2 Å². The first-order valence-corrected chi connectivity index (χ1v) is 5.04. The fourth-order valence-electron chi connectivity index (χ4n) is 1.66. The summed E-state index contributed by atoms with van der Waals surface area (Å²) in [6.45, 7) is 3.87. The predicted molar refractivity (Wildman–Crippen MR) is 57.6 cm³/mol. The lowest BCUT2D eigenvalue weighted by Gasteiger charge is -2.22. The first-order chi connectivity index (χ1) is 7.55. The zero-order valence-corrected chi connectivity index (χ0v) is 9.57. The van der Waals surface area contributed by atoms with Gasteiger partial charge in [0, 0.05) is 0 Å². The van der Waals surface area contributed by atoms with Gasteiger partial charge in [0.2, 0.25) is 6.79 Å². The third-order valence-corrected chi connectivity index (χ3v) is 2.79. The van der Waals surface area contributed by atoms with Crippen molar-refractivity contribution in [2.24, 2.45) is 0 Å². The van der Waals surface area contributed by atoms with E-state index in [1.165, 1.54) is 7.11 Å². The number of hydrogen-bond donors (Lipinski definition) is 0. The van der Waals surface area contributed by atoms with Crippen LogP contribution in [-0.2, 0) is 14.9 Å². The van der Waals surface area contributed by atoms with Crippen molar-refractivity contribution in [3.63, 3.8) is 0 Å². The number of ether oxygens (including phenoxy) is 3. The van der Waals surface area contributed by atoms with E-state index >= 15 is 0 Å². The predicted octanol–water partition coefficient (Wildman–Crippen LogP) is 1.87. The number of carbonyl (C=O) groups is 1. The number of fused-ring (bicyclic) bond motifs is 1. The highest BCUT2D eigenvalue weighted by Gasteiger charge is 2.32. The largest absolute Gasteiger partial charge is 0.468 e. The Hall–Kier alpha value is -1.71. The summed E-state index contributed by atoms with van der Waals surface area (Å²) in [5.74, 6) is 1.12. The van der Waals surface area contributed by atoms with E-state index in [1.54, 1.807) is 0 Å². The molecule has 0 N–H and O–H groups in total. The summed E-state index contributed by atoms with van der Waals surface area (Å²) in [7, 11) is 1.39. The van der Waals surface area contributed by atoms with Crippen molar-refractivity contribution in [3.8, 4) is 11.5 Å². The van der Waals surface area contributed by atoms with Crippen molar-refractivity contribution in [2.75, 3.05) is 13.9 Å². The number of rotatable bonds is 2. The van der Waals surface area contributed by atoms with E-state index < -0.39 is 5.41 Å². The Morgan fingerprint density at radius 1 is 1.31 bits per heavy atom. The molecule has 0 aromatic heterocycles.